The van der Waals surface area contributed by atoms with Crippen LogP contribution in [0, 0.1) is 0 Å². The molecule has 100 valence electrons. The molecule has 1 rings (SSSR count). The van der Waals surface area contributed by atoms with Crippen molar-refractivity contribution in [2.45, 2.75) is 25.9 Å². The van der Waals surface area contributed by atoms with Crippen molar-refractivity contribution in [3.8, 4) is 0 Å². The van der Waals surface area contributed by atoms with Crippen molar-refractivity contribution < 1.29 is 19.1 Å². The summed E-state index contributed by atoms with van der Waals surface area (Å²) >= 11 is 0. The van der Waals surface area contributed by atoms with Gasteiger partial charge in [0.25, 0.3) is 0 Å². The van der Waals surface area contributed by atoms with Gasteiger partial charge in [-0.25, -0.2) is 0 Å². The molecule has 0 aliphatic heterocycles. The Labute approximate surface area is 106 Å². The summed E-state index contributed by atoms with van der Waals surface area (Å²) in [5, 5.41) is 11.7. The number of carbonyl (C=O) groups excluding carboxylic acids is 1. The molecule has 0 aliphatic carbocycles. The molecule has 6 nitrogen and oxygen atoms in total. The number of hydrogen-bond donors (Lipinski definition) is 2. The van der Waals surface area contributed by atoms with Crippen LogP contribution in [0.1, 0.15) is 19.6 Å². The molecule has 1 aromatic rings. The quantitative estimate of drug-likeness (QED) is 0.780. The molecule has 2 N–H and O–H groups in total. The van der Waals surface area contributed by atoms with E-state index in [1.807, 2.05) is 0 Å². The van der Waals surface area contributed by atoms with Crippen molar-refractivity contribution in [2.24, 2.45) is 0 Å². The lowest BCUT2D eigenvalue weighted by Crippen LogP contribution is -2.51. The number of aliphatic carboxylic acids is 1. The zero-order valence-corrected chi connectivity index (χ0v) is 10.8. The fourth-order valence-electron chi connectivity index (χ4n) is 1.23. The molecule has 0 saturated heterocycles. The van der Waals surface area contributed by atoms with E-state index in [2.05, 4.69) is 5.32 Å². The Bertz CT molecular complexity index is 412. The lowest BCUT2D eigenvalue weighted by molar-refractivity contribution is -0.149. The highest BCUT2D eigenvalue weighted by atomic mass is 16.4. The Hall–Kier alpha value is -1.82. The van der Waals surface area contributed by atoms with Gasteiger partial charge in [0, 0.05) is 0 Å². The third kappa shape index (κ3) is 3.59. The van der Waals surface area contributed by atoms with Crippen LogP contribution in [0.5, 0.6) is 0 Å². The number of furan rings is 1. The standard InChI is InChI=1S/C12H18N2O4/c1-12(2,11(16)17)14(3)8-10(15)13-7-9-5-4-6-18-9/h4-6H,7-8H2,1-3H3,(H,13,15)(H,16,17). The van der Waals surface area contributed by atoms with Crippen LogP contribution in [0.25, 0.3) is 0 Å². The average Bonchev–Trinajstić information content (AvgIpc) is 2.78. The van der Waals surface area contributed by atoms with E-state index in [1.165, 1.54) is 11.2 Å². The van der Waals surface area contributed by atoms with Crippen molar-refractivity contribution in [2.75, 3.05) is 13.6 Å². The van der Waals surface area contributed by atoms with E-state index in [-0.39, 0.29) is 12.5 Å². The van der Waals surface area contributed by atoms with Gasteiger partial charge in [-0.2, -0.15) is 0 Å². The van der Waals surface area contributed by atoms with Crippen molar-refractivity contribution in [1.82, 2.24) is 10.2 Å². The van der Waals surface area contributed by atoms with Gasteiger partial charge in [0.15, 0.2) is 0 Å². The van der Waals surface area contributed by atoms with Crippen LogP contribution in [0.4, 0.5) is 0 Å². The van der Waals surface area contributed by atoms with Crippen molar-refractivity contribution >= 4 is 11.9 Å². The molecule has 0 fully saturated rings. The molecular formula is C12H18N2O4. The highest BCUT2D eigenvalue weighted by molar-refractivity contribution is 5.81. The molecule has 0 aromatic carbocycles. The molecule has 0 aliphatic rings. The second-order valence-electron chi connectivity index (χ2n) is 4.58. The third-order valence-corrected chi connectivity index (χ3v) is 2.90. The first-order chi connectivity index (χ1) is 8.34. The molecule has 0 unspecified atom stereocenters. The van der Waals surface area contributed by atoms with Gasteiger partial charge in [-0.1, -0.05) is 0 Å². The van der Waals surface area contributed by atoms with Crippen molar-refractivity contribution in [3.63, 3.8) is 0 Å². The van der Waals surface area contributed by atoms with E-state index in [4.69, 9.17) is 9.52 Å². The summed E-state index contributed by atoms with van der Waals surface area (Å²) in [6.45, 7) is 3.41. The SMILES string of the molecule is CN(CC(=O)NCc1ccco1)C(C)(C)C(=O)O. The number of nitrogens with zero attached hydrogens (tertiary/aromatic N) is 1. The minimum absolute atomic E-state index is 0.0139. The number of likely N-dealkylation sites (N-methyl/N-ethyl adjacent to an activating group) is 1. The second-order valence-corrected chi connectivity index (χ2v) is 4.58. The zero-order chi connectivity index (χ0) is 13.8. The summed E-state index contributed by atoms with van der Waals surface area (Å²) < 4.78 is 5.07. The first-order valence-corrected chi connectivity index (χ1v) is 5.57. The van der Waals surface area contributed by atoms with Gasteiger partial charge in [0.05, 0.1) is 19.4 Å². The Kier molecular flexibility index (Phi) is 4.49. The molecule has 1 aromatic heterocycles. The summed E-state index contributed by atoms with van der Waals surface area (Å²) in [5.74, 6) is -0.560. The molecule has 1 heterocycles. The lowest BCUT2D eigenvalue weighted by Gasteiger charge is -2.30. The van der Waals surface area contributed by atoms with Gasteiger partial charge in [-0.05, 0) is 33.0 Å². The number of hydrogen-bond acceptors (Lipinski definition) is 4. The largest absolute Gasteiger partial charge is 0.480 e. The van der Waals surface area contributed by atoms with Gasteiger partial charge >= 0.3 is 5.97 Å². The van der Waals surface area contributed by atoms with Gasteiger partial charge in [-0.15, -0.1) is 0 Å². The number of amides is 1. The van der Waals surface area contributed by atoms with Crippen LogP contribution in [0.3, 0.4) is 0 Å². The summed E-state index contributed by atoms with van der Waals surface area (Å²) in [4.78, 5) is 24.1. The van der Waals surface area contributed by atoms with Crippen LogP contribution in [0.15, 0.2) is 22.8 Å². The molecule has 6 heteroatoms. The van der Waals surface area contributed by atoms with Gasteiger partial charge in [0.2, 0.25) is 5.91 Å². The Balaban J connectivity index is 2.42. The Morgan fingerprint density at radius 3 is 2.67 bits per heavy atom. The molecule has 0 spiro atoms. The maximum Gasteiger partial charge on any atom is 0.323 e. The molecule has 0 radical (unpaired) electrons. The van der Waals surface area contributed by atoms with Crippen LogP contribution >= 0.6 is 0 Å². The number of carbonyl (C=O) groups is 2. The molecule has 0 bridgehead atoms. The molecule has 1 amide bonds. The predicted octanol–water partition coefficient (Wildman–Crippen LogP) is 0.691. The lowest BCUT2D eigenvalue weighted by atomic mass is 10.0. The van der Waals surface area contributed by atoms with E-state index in [0.29, 0.717) is 12.3 Å². The van der Waals surface area contributed by atoms with Crippen LogP contribution in [-0.2, 0) is 16.1 Å². The molecule has 0 saturated carbocycles. The average molecular weight is 254 g/mol. The summed E-state index contributed by atoms with van der Waals surface area (Å²) in [7, 11) is 1.60. The van der Waals surface area contributed by atoms with E-state index < -0.39 is 11.5 Å². The first-order valence-electron chi connectivity index (χ1n) is 5.57. The minimum Gasteiger partial charge on any atom is -0.480 e. The predicted molar refractivity (Wildman–Crippen MR) is 64.9 cm³/mol. The number of carboxylic acids is 1. The third-order valence-electron chi connectivity index (χ3n) is 2.90. The van der Waals surface area contributed by atoms with Gasteiger partial charge in [-0.3, -0.25) is 14.5 Å². The second kappa shape index (κ2) is 5.68. The molecular weight excluding hydrogens is 236 g/mol. The first kappa shape index (κ1) is 14.2. The van der Waals surface area contributed by atoms with Crippen LogP contribution in [-0.4, -0.2) is 41.0 Å². The minimum atomic E-state index is -1.08. The van der Waals surface area contributed by atoms with Crippen molar-refractivity contribution in [3.05, 3.63) is 24.2 Å². The smallest absolute Gasteiger partial charge is 0.323 e. The highest BCUT2D eigenvalue weighted by Crippen LogP contribution is 2.11. The zero-order valence-electron chi connectivity index (χ0n) is 10.8. The van der Waals surface area contributed by atoms with Crippen LogP contribution < -0.4 is 5.32 Å². The number of nitrogens with one attached hydrogen (secondary N) is 1. The Morgan fingerprint density at radius 2 is 2.17 bits per heavy atom. The Morgan fingerprint density at radius 1 is 1.50 bits per heavy atom. The number of rotatable bonds is 6. The summed E-state index contributed by atoms with van der Waals surface area (Å²) in [5.41, 5.74) is -1.08. The maximum absolute atomic E-state index is 11.6. The monoisotopic (exact) mass is 254 g/mol. The van der Waals surface area contributed by atoms with E-state index in [1.54, 1.807) is 33.0 Å². The summed E-state index contributed by atoms with van der Waals surface area (Å²) in [6.07, 6.45) is 1.53. The van der Waals surface area contributed by atoms with E-state index in [0.717, 1.165) is 0 Å². The van der Waals surface area contributed by atoms with Crippen molar-refractivity contribution in [1.29, 1.82) is 0 Å². The van der Waals surface area contributed by atoms with Gasteiger partial charge in [0.1, 0.15) is 11.3 Å². The normalized spacial score (nSPS) is 11.6. The maximum atomic E-state index is 11.6. The fourth-order valence-corrected chi connectivity index (χ4v) is 1.23. The van der Waals surface area contributed by atoms with E-state index in [9.17, 15) is 9.59 Å². The van der Waals surface area contributed by atoms with E-state index >= 15 is 0 Å². The molecule has 0 atom stereocenters. The van der Waals surface area contributed by atoms with Gasteiger partial charge < -0.3 is 14.8 Å². The number of carboxylic acid groups (broad SMARTS) is 1. The fraction of sp³-hybridized carbons (Fsp3) is 0.500. The molecule has 18 heavy (non-hydrogen) atoms. The highest BCUT2D eigenvalue weighted by Gasteiger charge is 2.32. The van der Waals surface area contributed by atoms with Crippen LogP contribution in [0.2, 0.25) is 0 Å². The summed E-state index contributed by atoms with van der Waals surface area (Å²) in [6, 6.07) is 3.49. The topological polar surface area (TPSA) is 82.8 Å².